The number of carbonyl (C=O) groups excluding carboxylic acids is 2. The molecule has 1 aromatic rings. The molecule has 0 bridgehead atoms. The van der Waals surface area contributed by atoms with Crippen molar-refractivity contribution in [1.82, 2.24) is 10.9 Å². The van der Waals surface area contributed by atoms with Crippen LogP contribution in [0.15, 0.2) is 30.3 Å². The molecule has 1 saturated carbocycles. The number of hydrogen-bond acceptors (Lipinski definition) is 5. The van der Waals surface area contributed by atoms with Crippen LogP contribution in [0.25, 0.3) is 0 Å². The third kappa shape index (κ3) is 3.46. The molecular weight excluding hydrogens is 306 g/mol. The molecule has 1 fully saturated rings. The Morgan fingerprint density at radius 2 is 1.61 bits per heavy atom. The molecule has 2 amide bonds. The van der Waals surface area contributed by atoms with E-state index in [1.165, 1.54) is 12.1 Å². The Kier molecular flexibility index (Phi) is 4.60. The molecule has 2 rings (SSSR count). The van der Waals surface area contributed by atoms with E-state index >= 15 is 0 Å². The number of carboxylic acid groups (broad SMARTS) is 2. The number of aliphatic carboxylic acids is 2. The van der Waals surface area contributed by atoms with E-state index in [4.69, 9.17) is 15.9 Å². The van der Waals surface area contributed by atoms with Crippen molar-refractivity contribution >= 4 is 23.8 Å². The number of hydrogen-bond donors (Lipinski definition) is 5. The van der Waals surface area contributed by atoms with E-state index in [-0.39, 0.29) is 0 Å². The van der Waals surface area contributed by atoms with Gasteiger partial charge < -0.3 is 15.9 Å². The Balaban J connectivity index is 1.96. The molecule has 0 radical (unpaired) electrons. The van der Waals surface area contributed by atoms with Crippen molar-refractivity contribution in [2.45, 2.75) is 6.04 Å². The molecule has 0 saturated heterocycles. The molecule has 1 aromatic carbocycles. The maximum absolute atomic E-state index is 12.0. The molecule has 122 valence electrons. The second kappa shape index (κ2) is 6.44. The van der Waals surface area contributed by atoms with E-state index in [2.05, 4.69) is 10.9 Å². The van der Waals surface area contributed by atoms with Gasteiger partial charge in [0.15, 0.2) is 0 Å². The van der Waals surface area contributed by atoms with Gasteiger partial charge in [-0.3, -0.25) is 30.0 Å². The van der Waals surface area contributed by atoms with Crippen LogP contribution in [0.1, 0.15) is 10.4 Å². The second-order valence-electron chi connectivity index (χ2n) is 5.14. The monoisotopic (exact) mass is 321 g/mol. The minimum atomic E-state index is -1.46. The number of benzene rings is 1. The summed E-state index contributed by atoms with van der Waals surface area (Å²) in [5, 5.41) is 17.9. The molecule has 1 aliphatic carbocycles. The summed E-state index contributed by atoms with van der Waals surface area (Å²) in [6, 6.07) is 6.59. The van der Waals surface area contributed by atoms with Gasteiger partial charge in [-0.25, -0.2) is 0 Å². The highest BCUT2D eigenvalue weighted by molar-refractivity contribution is 5.97. The quantitative estimate of drug-likeness (QED) is 0.426. The molecule has 0 aromatic heterocycles. The zero-order chi connectivity index (χ0) is 17.1. The third-order valence-corrected chi connectivity index (χ3v) is 3.70. The van der Waals surface area contributed by atoms with Gasteiger partial charge in [-0.15, -0.1) is 0 Å². The molecule has 0 heterocycles. The molecule has 1 aliphatic rings. The highest BCUT2D eigenvalue weighted by atomic mass is 16.4. The molecule has 9 heteroatoms. The van der Waals surface area contributed by atoms with Crippen LogP contribution in [0.4, 0.5) is 0 Å². The molecule has 0 aliphatic heterocycles. The van der Waals surface area contributed by atoms with Crippen molar-refractivity contribution in [3.8, 4) is 0 Å². The van der Waals surface area contributed by atoms with Crippen molar-refractivity contribution in [2.75, 3.05) is 0 Å². The number of carbonyl (C=O) groups is 4. The first-order chi connectivity index (χ1) is 10.8. The number of rotatable bonds is 5. The fraction of sp³-hybridized carbons (Fsp3) is 0.286. The lowest BCUT2D eigenvalue weighted by Gasteiger charge is -2.08. The summed E-state index contributed by atoms with van der Waals surface area (Å²) in [5.41, 5.74) is 9.95. The second-order valence-corrected chi connectivity index (χ2v) is 5.14. The van der Waals surface area contributed by atoms with Crippen molar-refractivity contribution in [3.05, 3.63) is 35.9 Å². The van der Waals surface area contributed by atoms with Gasteiger partial charge in [0.1, 0.15) is 6.04 Å². The van der Waals surface area contributed by atoms with Gasteiger partial charge in [0.2, 0.25) is 5.91 Å². The van der Waals surface area contributed by atoms with Crippen LogP contribution in [-0.4, -0.2) is 40.0 Å². The van der Waals surface area contributed by atoms with E-state index in [0.717, 1.165) is 0 Å². The maximum atomic E-state index is 12.0. The van der Waals surface area contributed by atoms with E-state index in [9.17, 15) is 19.2 Å². The number of carboxylic acids is 2. The highest BCUT2D eigenvalue weighted by Crippen LogP contribution is 2.48. The first-order valence-corrected chi connectivity index (χ1v) is 6.71. The highest BCUT2D eigenvalue weighted by Gasteiger charge is 2.63. The van der Waals surface area contributed by atoms with Crippen LogP contribution in [0.2, 0.25) is 0 Å². The van der Waals surface area contributed by atoms with Crippen LogP contribution < -0.4 is 16.6 Å². The summed E-state index contributed by atoms with van der Waals surface area (Å²) in [7, 11) is 0. The van der Waals surface area contributed by atoms with E-state index < -0.39 is 47.5 Å². The predicted octanol–water partition coefficient (Wildman–Crippen LogP) is -1.19. The van der Waals surface area contributed by atoms with Crippen molar-refractivity contribution in [3.63, 3.8) is 0 Å². The summed E-state index contributed by atoms with van der Waals surface area (Å²) in [6.07, 6.45) is 0. The largest absolute Gasteiger partial charge is 0.481 e. The van der Waals surface area contributed by atoms with Crippen molar-refractivity contribution in [1.29, 1.82) is 0 Å². The molecule has 9 nitrogen and oxygen atoms in total. The van der Waals surface area contributed by atoms with E-state index in [0.29, 0.717) is 5.56 Å². The lowest BCUT2D eigenvalue weighted by molar-refractivity contribution is -0.141. The van der Waals surface area contributed by atoms with Gasteiger partial charge in [-0.1, -0.05) is 18.2 Å². The normalized spacial score (nSPS) is 23.4. The number of amides is 2. The lowest BCUT2D eigenvalue weighted by atomic mass is 10.1. The van der Waals surface area contributed by atoms with Gasteiger partial charge in [0, 0.05) is 11.5 Å². The van der Waals surface area contributed by atoms with Gasteiger partial charge in [0.05, 0.1) is 11.8 Å². The first kappa shape index (κ1) is 16.4. The fourth-order valence-corrected chi connectivity index (χ4v) is 2.47. The SMILES string of the molecule is NC(C(=O)O)[C@@H]1[C@@H](C(=O)O)[C@@H]1C(=O)NNC(=O)c1ccccc1. The summed E-state index contributed by atoms with van der Waals surface area (Å²) in [6.45, 7) is 0. The minimum Gasteiger partial charge on any atom is -0.481 e. The number of nitrogens with two attached hydrogens (primary N) is 1. The molecule has 23 heavy (non-hydrogen) atoms. The zero-order valence-corrected chi connectivity index (χ0v) is 11.8. The smallest absolute Gasteiger partial charge is 0.320 e. The fourth-order valence-electron chi connectivity index (χ4n) is 2.47. The Morgan fingerprint density at radius 3 is 2.13 bits per heavy atom. The number of nitrogens with one attached hydrogen (secondary N) is 2. The lowest BCUT2D eigenvalue weighted by Crippen LogP contribution is -2.43. The zero-order valence-electron chi connectivity index (χ0n) is 11.8. The Bertz CT molecular complexity index is 647. The molecule has 6 N–H and O–H groups in total. The Labute approximate surface area is 130 Å². The first-order valence-electron chi connectivity index (χ1n) is 6.71. The van der Waals surface area contributed by atoms with Crippen LogP contribution in [-0.2, 0) is 14.4 Å². The molecule has 1 unspecified atom stereocenters. The number of hydrazine groups is 1. The van der Waals surface area contributed by atoms with Gasteiger partial charge >= 0.3 is 11.9 Å². The van der Waals surface area contributed by atoms with Crippen LogP contribution in [0.3, 0.4) is 0 Å². The third-order valence-electron chi connectivity index (χ3n) is 3.70. The van der Waals surface area contributed by atoms with Gasteiger partial charge in [-0.05, 0) is 12.1 Å². The van der Waals surface area contributed by atoms with Crippen molar-refractivity contribution < 1.29 is 29.4 Å². The Morgan fingerprint density at radius 1 is 1.00 bits per heavy atom. The van der Waals surface area contributed by atoms with Crippen LogP contribution >= 0.6 is 0 Å². The summed E-state index contributed by atoms with van der Waals surface area (Å²) in [5.74, 6) is -7.36. The average Bonchev–Trinajstić information content (AvgIpc) is 3.28. The van der Waals surface area contributed by atoms with Gasteiger partial charge in [0.25, 0.3) is 5.91 Å². The van der Waals surface area contributed by atoms with Crippen LogP contribution in [0, 0.1) is 17.8 Å². The maximum Gasteiger partial charge on any atom is 0.320 e. The van der Waals surface area contributed by atoms with Crippen molar-refractivity contribution in [2.24, 2.45) is 23.5 Å². The summed E-state index contributed by atoms with van der Waals surface area (Å²) >= 11 is 0. The van der Waals surface area contributed by atoms with Gasteiger partial charge in [-0.2, -0.15) is 0 Å². The van der Waals surface area contributed by atoms with Crippen LogP contribution in [0.5, 0.6) is 0 Å². The van der Waals surface area contributed by atoms with E-state index in [1.807, 2.05) is 0 Å². The summed E-state index contributed by atoms with van der Waals surface area (Å²) in [4.78, 5) is 45.6. The topological polar surface area (TPSA) is 159 Å². The molecule has 0 spiro atoms. The summed E-state index contributed by atoms with van der Waals surface area (Å²) < 4.78 is 0. The predicted molar refractivity (Wildman–Crippen MR) is 75.8 cm³/mol. The molecular formula is C14H15N3O6. The van der Waals surface area contributed by atoms with E-state index in [1.54, 1.807) is 18.2 Å². The standard InChI is InChI=1S/C14H15N3O6/c15-10(14(22)23)7-8(9(7)13(20)21)12(19)17-16-11(18)6-4-2-1-3-5-6/h1-5,7-10H,15H2,(H,16,18)(H,17,19)(H,20,21)(H,22,23)/t7-,8+,9+,10?/m0/s1. The average molecular weight is 321 g/mol. The Hall–Kier alpha value is -2.94. The molecule has 4 atom stereocenters. The minimum absolute atomic E-state index is 0.303.